The second-order valence-corrected chi connectivity index (χ2v) is 7.75. The minimum absolute atomic E-state index is 0.139. The number of rotatable bonds is 7. The van der Waals surface area contributed by atoms with Crippen molar-refractivity contribution in [3.8, 4) is 28.6 Å². The molecule has 0 atom stereocenters. The number of methoxy groups -OCH3 is 2. The van der Waals surface area contributed by atoms with Crippen molar-refractivity contribution in [2.24, 2.45) is 0 Å². The smallest absolute Gasteiger partial charge is 0.235 e. The molecule has 164 valence electrons. The van der Waals surface area contributed by atoms with Gasteiger partial charge in [0.1, 0.15) is 5.58 Å². The highest BCUT2D eigenvalue weighted by molar-refractivity contribution is 6.32. The molecule has 0 N–H and O–H groups in total. The molecule has 0 spiro atoms. The van der Waals surface area contributed by atoms with Crippen LogP contribution in [0.3, 0.4) is 0 Å². The first-order valence-corrected chi connectivity index (χ1v) is 10.6. The Bertz CT molecular complexity index is 1310. The van der Waals surface area contributed by atoms with E-state index in [1.807, 2.05) is 37.3 Å². The largest absolute Gasteiger partial charge is 0.493 e. The van der Waals surface area contributed by atoms with E-state index in [0.717, 1.165) is 11.1 Å². The Morgan fingerprint density at radius 2 is 1.69 bits per heavy atom. The van der Waals surface area contributed by atoms with Gasteiger partial charge in [0.25, 0.3) is 0 Å². The van der Waals surface area contributed by atoms with Crippen LogP contribution in [0.25, 0.3) is 22.3 Å². The third-order valence-corrected chi connectivity index (χ3v) is 5.66. The second kappa shape index (κ2) is 9.37. The van der Waals surface area contributed by atoms with Crippen LogP contribution in [0.5, 0.6) is 17.2 Å². The highest BCUT2D eigenvalue weighted by atomic mass is 35.5. The van der Waals surface area contributed by atoms with E-state index in [2.05, 4.69) is 0 Å². The van der Waals surface area contributed by atoms with Gasteiger partial charge in [-0.2, -0.15) is 0 Å². The molecule has 0 amide bonds. The van der Waals surface area contributed by atoms with E-state index in [0.29, 0.717) is 51.8 Å². The van der Waals surface area contributed by atoms with Crippen LogP contribution in [0.1, 0.15) is 11.1 Å². The zero-order valence-corrected chi connectivity index (χ0v) is 18.9. The van der Waals surface area contributed by atoms with Gasteiger partial charge in [0, 0.05) is 17.0 Å². The van der Waals surface area contributed by atoms with Crippen LogP contribution in [-0.4, -0.2) is 20.8 Å². The zero-order valence-electron chi connectivity index (χ0n) is 18.1. The summed E-state index contributed by atoms with van der Waals surface area (Å²) >= 11 is 6.27. The topological polar surface area (TPSA) is 57.9 Å². The van der Waals surface area contributed by atoms with Gasteiger partial charge in [-0.1, -0.05) is 41.9 Å². The van der Waals surface area contributed by atoms with E-state index < -0.39 is 0 Å². The third-order valence-electron chi connectivity index (χ3n) is 5.26. The van der Waals surface area contributed by atoms with E-state index >= 15 is 0 Å². The number of fused-ring (bicyclic) bond motifs is 1. The molecule has 0 fully saturated rings. The number of ether oxygens (including phenoxy) is 3. The molecule has 6 heteroatoms. The Kier molecular flexibility index (Phi) is 6.37. The number of hydrogen-bond acceptors (Lipinski definition) is 5. The lowest BCUT2D eigenvalue weighted by Gasteiger charge is -2.14. The Hall–Kier alpha value is -3.44. The third kappa shape index (κ3) is 4.30. The van der Waals surface area contributed by atoms with E-state index in [9.17, 15) is 4.79 Å². The van der Waals surface area contributed by atoms with Gasteiger partial charge >= 0.3 is 0 Å². The van der Waals surface area contributed by atoms with E-state index in [-0.39, 0.29) is 11.2 Å². The molecule has 0 aliphatic rings. The predicted molar refractivity (Wildman–Crippen MR) is 126 cm³/mol. The molecule has 0 bridgehead atoms. The lowest BCUT2D eigenvalue weighted by molar-refractivity contribution is 0.313. The van der Waals surface area contributed by atoms with Crippen LogP contribution < -0.4 is 19.6 Å². The molecule has 4 aromatic rings. The molecule has 1 aromatic heterocycles. The number of halogens is 1. The fraction of sp³-hybridized carbons (Fsp3) is 0.192. The maximum Gasteiger partial charge on any atom is 0.235 e. The van der Waals surface area contributed by atoms with Crippen molar-refractivity contribution in [1.82, 2.24) is 0 Å². The number of aryl methyl sites for hydroxylation is 1. The molecule has 0 saturated heterocycles. The zero-order chi connectivity index (χ0) is 22.7. The van der Waals surface area contributed by atoms with Crippen LogP contribution >= 0.6 is 11.6 Å². The summed E-state index contributed by atoms with van der Waals surface area (Å²) in [7, 11) is 3.12. The van der Waals surface area contributed by atoms with Crippen LogP contribution in [0.4, 0.5) is 0 Å². The van der Waals surface area contributed by atoms with E-state index in [1.165, 1.54) is 0 Å². The van der Waals surface area contributed by atoms with Gasteiger partial charge in [0.05, 0.1) is 26.2 Å². The number of benzene rings is 3. The maximum atomic E-state index is 13.4. The maximum absolute atomic E-state index is 13.4. The van der Waals surface area contributed by atoms with Gasteiger partial charge in [-0.3, -0.25) is 4.79 Å². The lowest BCUT2D eigenvalue weighted by atomic mass is 10.1. The van der Waals surface area contributed by atoms with E-state index in [1.54, 1.807) is 44.6 Å². The molecule has 4 rings (SSSR count). The van der Waals surface area contributed by atoms with Gasteiger partial charge in [-0.25, -0.2) is 0 Å². The van der Waals surface area contributed by atoms with Gasteiger partial charge < -0.3 is 18.6 Å². The van der Waals surface area contributed by atoms with Crippen molar-refractivity contribution in [3.63, 3.8) is 0 Å². The fourth-order valence-electron chi connectivity index (χ4n) is 3.51. The molecule has 0 radical (unpaired) electrons. The molecule has 5 nitrogen and oxygen atoms in total. The predicted octanol–water partition coefficient (Wildman–Crippen LogP) is 6.06. The average molecular weight is 451 g/mol. The van der Waals surface area contributed by atoms with Crippen molar-refractivity contribution < 1.29 is 18.6 Å². The van der Waals surface area contributed by atoms with Crippen LogP contribution in [0.15, 0.2) is 69.9 Å². The Balaban J connectivity index is 1.83. The number of hydrogen-bond donors (Lipinski definition) is 0. The van der Waals surface area contributed by atoms with Crippen molar-refractivity contribution in [1.29, 1.82) is 0 Å². The van der Waals surface area contributed by atoms with Crippen LogP contribution in [0, 0.1) is 6.92 Å². The monoisotopic (exact) mass is 450 g/mol. The molecule has 3 aromatic carbocycles. The summed E-state index contributed by atoms with van der Waals surface area (Å²) in [6.07, 6.45) is 0.651. The Labute approximate surface area is 191 Å². The molecule has 0 aliphatic carbocycles. The van der Waals surface area contributed by atoms with Gasteiger partial charge in [0.15, 0.2) is 17.3 Å². The SMILES string of the molecule is COc1ccc(-c2oc3cc(C)c(Cl)cc3c(=O)c2OCCc2ccccc2)cc1OC. The summed E-state index contributed by atoms with van der Waals surface area (Å²) in [6, 6.07) is 18.7. The minimum atomic E-state index is -0.272. The summed E-state index contributed by atoms with van der Waals surface area (Å²) in [5.41, 5.74) is 2.74. The summed E-state index contributed by atoms with van der Waals surface area (Å²) in [4.78, 5) is 13.4. The summed E-state index contributed by atoms with van der Waals surface area (Å²) in [5, 5.41) is 0.874. The van der Waals surface area contributed by atoms with Gasteiger partial charge in [-0.15, -0.1) is 0 Å². The standard InChI is InChI=1S/C26H23ClO5/c1-16-13-22-19(15-20(16)27)24(28)26(31-12-11-17-7-5-4-6-8-17)25(32-22)18-9-10-21(29-2)23(14-18)30-3/h4-10,13-15H,11-12H2,1-3H3. The highest BCUT2D eigenvalue weighted by Crippen LogP contribution is 2.37. The average Bonchev–Trinajstić information content (AvgIpc) is 2.82. The lowest BCUT2D eigenvalue weighted by Crippen LogP contribution is -2.12. The molecule has 0 saturated carbocycles. The van der Waals surface area contributed by atoms with E-state index in [4.69, 9.17) is 30.2 Å². The quantitative estimate of drug-likeness (QED) is 0.342. The van der Waals surface area contributed by atoms with Crippen LogP contribution in [0.2, 0.25) is 5.02 Å². The summed E-state index contributed by atoms with van der Waals surface area (Å²) < 4.78 is 23.0. The molecule has 1 heterocycles. The highest BCUT2D eigenvalue weighted by Gasteiger charge is 2.20. The first kappa shape index (κ1) is 21.8. The van der Waals surface area contributed by atoms with Crippen molar-refractivity contribution in [2.45, 2.75) is 13.3 Å². The Morgan fingerprint density at radius 3 is 2.41 bits per heavy atom. The summed E-state index contributed by atoms with van der Waals surface area (Å²) in [5.74, 6) is 1.57. The van der Waals surface area contributed by atoms with Crippen molar-refractivity contribution in [3.05, 3.63) is 87.0 Å². The van der Waals surface area contributed by atoms with Crippen LogP contribution in [-0.2, 0) is 6.42 Å². The van der Waals surface area contributed by atoms with Crippen molar-refractivity contribution in [2.75, 3.05) is 20.8 Å². The van der Waals surface area contributed by atoms with Gasteiger partial charge in [0.2, 0.25) is 11.2 Å². The van der Waals surface area contributed by atoms with Crippen molar-refractivity contribution >= 4 is 22.6 Å². The molecular formula is C26H23ClO5. The minimum Gasteiger partial charge on any atom is -0.493 e. The Morgan fingerprint density at radius 1 is 0.938 bits per heavy atom. The first-order valence-electron chi connectivity index (χ1n) is 10.2. The van der Waals surface area contributed by atoms with Gasteiger partial charge in [-0.05, 0) is 48.4 Å². The summed E-state index contributed by atoms with van der Waals surface area (Å²) in [6.45, 7) is 2.18. The second-order valence-electron chi connectivity index (χ2n) is 7.34. The molecule has 0 unspecified atom stereocenters. The molecule has 0 aliphatic heterocycles. The normalized spacial score (nSPS) is 10.9. The molecule has 32 heavy (non-hydrogen) atoms. The first-order chi connectivity index (χ1) is 15.5. The molecular weight excluding hydrogens is 428 g/mol. The fourth-order valence-corrected chi connectivity index (χ4v) is 3.68.